The lowest BCUT2D eigenvalue weighted by atomic mass is 10.1. The summed E-state index contributed by atoms with van der Waals surface area (Å²) in [6.45, 7) is 0. The van der Waals surface area contributed by atoms with Crippen molar-refractivity contribution < 1.29 is 14.5 Å². The zero-order valence-electron chi connectivity index (χ0n) is 13.4. The number of amides is 1. The predicted molar refractivity (Wildman–Crippen MR) is 99.6 cm³/mol. The maximum atomic E-state index is 12.0. The number of hydrogen-bond acceptors (Lipinski definition) is 4. The highest BCUT2D eigenvalue weighted by atomic mass is 35.5. The molecule has 0 radical (unpaired) electrons. The Labute approximate surface area is 154 Å². The van der Waals surface area contributed by atoms with E-state index in [1.165, 1.54) is 12.1 Å². The highest BCUT2D eigenvalue weighted by Gasteiger charge is 2.17. The van der Waals surface area contributed by atoms with Crippen molar-refractivity contribution in [2.24, 2.45) is 0 Å². The molecule has 0 saturated carbocycles. The second-order valence-corrected chi connectivity index (χ2v) is 5.76. The van der Waals surface area contributed by atoms with Gasteiger partial charge in [0.05, 0.1) is 4.92 Å². The fourth-order valence-electron chi connectivity index (χ4n) is 2.35. The molecule has 0 fully saturated rings. The molecule has 130 valence electrons. The summed E-state index contributed by atoms with van der Waals surface area (Å²) in [6.07, 6.45) is -0.831. The van der Waals surface area contributed by atoms with Crippen LogP contribution in [-0.2, 0) is 0 Å². The van der Waals surface area contributed by atoms with Crippen molar-refractivity contribution >= 4 is 29.1 Å². The van der Waals surface area contributed by atoms with Gasteiger partial charge in [-0.1, -0.05) is 54.1 Å². The highest BCUT2D eigenvalue weighted by molar-refractivity contribution is 6.31. The summed E-state index contributed by atoms with van der Waals surface area (Å²) in [4.78, 5) is 22.4. The van der Waals surface area contributed by atoms with Crippen molar-refractivity contribution in [2.45, 2.75) is 0 Å². The molecule has 1 N–H and O–H groups in total. The van der Waals surface area contributed by atoms with Gasteiger partial charge < -0.3 is 4.74 Å². The Balaban J connectivity index is 1.70. The second kappa shape index (κ2) is 7.67. The summed E-state index contributed by atoms with van der Waals surface area (Å²) < 4.78 is 5.17. The van der Waals surface area contributed by atoms with E-state index in [2.05, 4.69) is 5.32 Å². The van der Waals surface area contributed by atoms with Crippen LogP contribution in [0.1, 0.15) is 0 Å². The number of nitrogens with one attached hydrogen (secondary N) is 1. The summed E-state index contributed by atoms with van der Waals surface area (Å²) in [6, 6.07) is 20.6. The third-order valence-electron chi connectivity index (χ3n) is 3.57. The lowest BCUT2D eigenvalue weighted by molar-refractivity contribution is -0.383. The number of carbonyl (C=O) groups is 1. The molecule has 0 aromatic heterocycles. The molecule has 0 aliphatic carbocycles. The largest absolute Gasteiger partial charge is 0.417 e. The molecule has 0 saturated heterocycles. The van der Waals surface area contributed by atoms with Crippen molar-refractivity contribution in [1.29, 1.82) is 0 Å². The first-order chi connectivity index (χ1) is 12.5. The molecule has 6 nitrogen and oxygen atoms in total. The standard InChI is InChI=1S/C19H13ClN2O4/c20-15-8-11-17(18(12-15)22(24)25)21-19(23)26-16-9-6-14(7-10-16)13-4-2-1-3-5-13/h1-12H,(H,21,23). The van der Waals surface area contributed by atoms with Crippen LogP contribution >= 0.6 is 11.6 Å². The molecule has 0 atom stereocenters. The summed E-state index contributed by atoms with van der Waals surface area (Å²) >= 11 is 5.74. The molecule has 7 heteroatoms. The molecule has 3 aromatic rings. The maximum Gasteiger partial charge on any atom is 0.417 e. The van der Waals surface area contributed by atoms with E-state index in [0.29, 0.717) is 5.75 Å². The molecule has 0 aliphatic rings. The first kappa shape index (κ1) is 17.4. The van der Waals surface area contributed by atoms with Crippen LogP contribution in [0.4, 0.5) is 16.2 Å². The monoisotopic (exact) mass is 368 g/mol. The van der Waals surface area contributed by atoms with Crippen LogP contribution in [0.25, 0.3) is 11.1 Å². The van der Waals surface area contributed by atoms with Gasteiger partial charge in [-0.15, -0.1) is 0 Å². The molecular formula is C19H13ClN2O4. The fraction of sp³-hybridized carbons (Fsp3) is 0. The first-order valence-electron chi connectivity index (χ1n) is 7.61. The van der Waals surface area contributed by atoms with Gasteiger partial charge in [0.25, 0.3) is 5.69 Å². The number of carbonyl (C=O) groups excluding carboxylic acids is 1. The number of nitro groups is 1. The Morgan fingerprint density at radius 1 is 0.962 bits per heavy atom. The van der Waals surface area contributed by atoms with Gasteiger partial charge >= 0.3 is 6.09 Å². The van der Waals surface area contributed by atoms with Crippen molar-refractivity contribution in [1.82, 2.24) is 0 Å². The van der Waals surface area contributed by atoms with E-state index in [-0.39, 0.29) is 16.4 Å². The third kappa shape index (κ3) is 4.17. The SMILES string of the molecule is O=C(Nc1ccc(Cl)cc1[N+](=O)[O-])Oc1ccc(-c2ccccc2)cc1. The Bertz CT molecular complexity index is 944. The van der Waals surface area contributed by atoms with Crippen molar-refractivity contribution in [3.63, 3.8) is 0 Å². The quantitative estimate of drug-likeness (QED) is 0.485. The minimum atomic E-state index is -0.831. The minimum Gasteiger partial charge on any atom is -0.410 e. The predicted octanol–water partition coefficient (Wildman–Crippen LogP) is 5.53. The second-order valence-electron chi connectivity index (χ2n) is 5.32. The number of nitrogens with zero attached hydrogens (tertiary/aromatic N) is 1. The molecule has 0 aliphatic heterocycles. The third-order valence-corrected chi connectivity index (χ3v) is 3.80. The number of anilines is 1. The number of nitro benzene ring substituents is 1. The molecule has 0 spiro atoms. The van der Waals surface area contributed by atoms with Gasteiger partial charge in [0.2, 0.25) is 0 Å². The lowest BCUT2D eigenvalue weighted by Gasteiger charge is -2.08. The summed E-state index contributed by atoms with van der Waals surface area (Å²) in [5.74, 6) is 0.318. The minimum absolute atomic E-state index is 0.00491. The molecule has 1 amide bonds. The van der Waals surface area contributed by atoms with Crippen LogP contribution in [0.5, 0.6) is 5.75 Å². The van der Waals surface area contributed by atoms with Crippen molar-refractivity contribution in [3.8, 4) is 16.9 Å². The summed E-state index contributed by atoms with van der Waals surface area (Å²) in [5, 5.41) is 13.6. The number of halogens is 1. The number of ether oxygens (including phenoxy) is 1. The number of benzene rings is 3. The summed E-state index contributed by atoms with van der Waals surface area (Å²) in [5.41, 5.74) is 1.71. The molecular weight excluding hydrogens is 356 g/mol. The Morgan fingerprint density at radius 3 is 2.27 bits per heavy atom. The van der Waals surface area contributed by atoms with Crippen LogP contribution in [0.15, 0.2) is 72.8 Å². The van der Waals surface area contributed by atoms with Crippen LogP contribution in [0, 0.1) is 10.1 Å². The van der Waals surface area contributed by atoms with Crippen LogP contribution in [0.2, 0.25) is 5.02 Å². The van der Waals surface area contributed by atoms with E-state index in [4.69, 9.17) is 16.3 Å². The zero-order chi connectivity index (χ0) is 18.5. The molecule has 3 rings (SSSR count). The Hall–Kier alpha value is -3.38. The molecule has 26 heavy (non-hydrogen) atoms. The van der Waals surface area contributed by atoms with E-state index in [1.807, 2.05) is 42.5 Å². The van der Waals surface area contributed by atoms with Gasteiger partial charge in [0, 0.05) is 11.1 Å². The van der Waals surface area contributed by atoms with Gasteiger partial charge in [-0.3, -0.25) is 15.4 Å². The Kier molecular flexibility index (Phi) is 5.15. The van der Waals surface area contributed by atoms with E-state index in [0.717, 1.165) is 17.2 Å². The van der Waals surface area contributed by atoms with Crippen LogP contribution in [0.3, 0.4) is 0 Å². The fourth-order valence-corrected chi connectivity index (χ4v) is 2.52. The molecule has 0 heterocycles. The lowest BCUT2D eigenvalue weighted by Crippen LogP contribution is -2.17. The first-order valence-corrected chi connectivity index (χ1v) is 7.99. The topological polar surface area (TPSA) is 81.5 Å². The average molecular weight is 369 g/mol. The van der Waals surface area contributed by atoms with Gasteiger partial charge in [-0.05, 0) is 35.4 Å². The summed E-state index contributed by atoms with van der Waals surface area (Å²) in [7, 11) is 0. The van der Waals surface area contributed by atoms with Crippen molar-refractivity contribution in [3.05, 3.63) is 87.9 Å². The smallest absolute Gasteiger partial charge is 0.410 e. The molecule has 3 aromatic carbocycles. The normalized spacial score (nSPS) is 10.2. The zero-order valence-corrected chi connectivity index (χ0v) is 14.1. The number of rotatable bonds is 4. The maximum absolute atomic E-state index is 12.0. The van der Waals surface area contributed by atoms with E-state index in [9.17, 15) is 14.9 Å². The molecule has 0 unspecified atom stereocenters. The van der Waals surface area contributed by atoms with Crippen LogP contribution < -0.4 is 10.1 Å². The highest BCUT2D eigenvalue weighted by Crippen LogP contribution is 2.28. The van der Waals surface area contributed by atoms with Gasteiger partial charge in [0.1, 0.15) is 11.4 Å². The van der Waals surface area contributed by atoms with Crippen molar-refractivity contribution in [2.75, 3.05) is 5.32 Å². The van der Waals surface area contributed by atoms with Gasteiger partial charge in [0.15, 0.2) is 0 Å². The van der Waals surface area contributed by atoms with Gasteiger partial charge in [-0.2, -0.15) is 0 Å². The van der Waals surface area contributed by atoms with Crippen LogP contribution in [-0.4, -0.2) is 11.0 Å². The molecule has 0 bridgehead atoms. The van der Waals surface area contributed by atoms with E-state index in [1.54, 1.807) is 12.1 Å². The van der Waals surface area contributed by atoms with E-state index >= 15 is 0 Å². The average Bonchev–Trinajstić information content (AvgIpc) is 2.64. The van der Waals surface area contributed by atoms with E-state index < -0.39 is 11.0 Å². The van der Waals surface area contributed by atoms with Gasteiger partial charge in [-0.25, -0.2) is 4.79 Å². The number of hydrogen-bond donors (Lipinski definition) is 1. The Morgan fingerprint density at radius 2 is 1.62 bits per heavy atom.